The van der Waals surface area contributed by atoms with Gasteiger partial charge in [-0.15, -0.1) is 6.58 Å². The third-order valence-corrected chi connectivity index (χ3v) is 5.19. The Morgan fingerprint density at radius 3 is 2.12 bits per heavy atom. The fourth-order valence-electron chi connectivity index (χ4n) is 2.21. The summed E-state index contributed by atoms with van der Waals surface area (Å²) in [4.78, 5) is 0.198. The normalized spacial score (nSPS) is 10.9. The van der Waals surface area contributed by atoms with Gasteiger partial charge in [-0.2, -0.15) is 0 Å². The number of rotatable bonds is 8. The molecule has 0 saturated heterocycles. The molecule has 0 atom stereocenters. The van der Waals surface area contributed by atoms with E-state index in [0.717, 1.165) is 0 Å². The lowest BCUT2D eigenvalue weighted by molar-refractivity contribution is 0.340. The van der Waals surface area contributed by atoms with Gasteiger partial charge in [-0.3, -0.25) is 4.31 Å². The number of hydrogen-bond acceptors (Lipinski definition) is 4. The zero-order chi connectivity index (χ0) is 17.6. The Labute approximate surface area is 143 Å². The molecule has 2 aromatic carbocycles. The van der Waals surface area contributed by atoms with Crippen LogP contribution in [0.2, 0.25) is 0 Å². The zero-order valence-electron chi connectivity index (χ0n) is 13.8. The Balaban J connectivity index is 2.38. The average molecular weight is 347 g/mol. The zero-order valence-corrected chi connectivity index (χ0v) is 14.6. The van der Waals surface area contributed by atoms with Crippen molar-refractivity contribution in [2.75, 3.05) is 24.6 Å². The lowest BCUT2D eigenvalue weighted by atomic mass is 10.3. The second kappa shape index (κ2) is 7.88. The van der Waals surface area contributed by atoms with Crippen LogP contribution in [-0.4, -0.2) is 28.7 Å². The Bertz CT molecular complexity index is 768. The lowest BCUT2D eigenvalue weighted by Crippen LogP contribution is -2.31. The molecule has 0 radical (unpaired) electrons. The highest BCUT2D eigenvalue weighted by Gasteiger charge is 2.24. The van der Waals surface area contributed by atoms with Crippen LogP contribution in [0.15, 0.2) is 66.1 Å². The fraction of sp³-hybridized carbons (Fsp3) is 0.222. The first-order chi connectivity index (χ1) is 11.5. The number of anilines is 1. The van der Waals surface area contributed by atoms with E-state index in [-0.39, 0.29) is 11.4 Å². The van der Waals surface area contributed by atoms with Crippen LogP contribution < -0.4 is 13.8 Å². The van der Waals surface area contributed by atoms with Gasteiger partial charge in [0, 0.05) is 0 Å². The van der Waals surface area contributed by atoms with Crippen LogP contribution in [0, 0.1) is 0 Å². The summed E-state index contributed by atoms with van der Waals surface area (Å²) in [5, 5.41) is 0. The van der Waals surface area contributed by atoms with Crippen molar-refractivity contribution >= 4 is 15.7 Å². The summed E-state index contributed by atoms with van der Waals surface area (Å²) in [5.74, 6) is 1.30. The highest BCUT2D eigenvalue weighted by Crippen LogP contribution is 2.26. The van der Waals surface area contributed by atoms with Crippen molar-refractivity contribution in [1.29, 1.82) is 0 Å². The molecule has 2 aromatic rings. The second-order valence-corrected chi connectivity index (χ2v) is 6.79. The van der Waals surface area contributed by atoms with Gasteiger partial charge < -0.3 is 9.47 Å². The molecule has 0 fully saturated rings. The number of nitrogens with zero attached hydrogens (tertiary/aromatic N) is 1. The largest absolute Gasteiger partial charge is 0.497 e. The van der Waals surface area contributed by atoms with E-state index in [0.29, 0.717) is 23.8 Å². The number of methoxy groups -OCH3 is 1. The minimum atomic E-state index is -3.70. The molecule has 0 aliphatic rings. The maximum atomic E-state index is 13.0. The summed E-state index contributed by atoms with van der Waals surface area (Å²) in [6.45, 7) is 6.23. The van der Waals surface area contributed by atoms with E-state index in [4.69, 9.17) is 9.47 Å². The lowest BCUT2D eigenvalue weighted by Gasteiger charge is -2.23. The van der Waals surface area contributed by atoms with Gasteiger partial charge >= 0.3 is 0 Å². The average Bonchev–Trinajstić information content (AvgIpc) is 2.60. The van der Waals surface area contributed by atoms with Crippen molar-refractivity contribution in [3.63, 3.8) is 0 Å². The molecule has 6 heteroatoms. The number of ether oxygens (including phenoxy) is 2. The third-order valence-electron chi connectivity index (χ3n) is 3.38. The highest BCUT2D eigenvalue weighted by atomic mass is 32.2. The van der Waals surface area contributed by atoms with Crippen LogP contribution in [0.5, 0.6) is 11.5 Å². The van der Waals surface area contributed by atoms with E-state index in [2.05, 4.69) is 6.58 Å². The third kappa shape index (κ3) is 3.89. The molecular formula is C18H21NO4S. The first-order valence-corrected chi connectivity index (χ1v) is 8.97. The van der Waals surface area contributed by atoms with Crippen molar-refractivity contribution in [3.8, 4) is 11.5 Å². The Kier molecular flexibility index (Phi) is 5.87. The highest BCUT2D eigenvalue weighted by molar-refractivity contribution is 7.92. The van der Waals surface area contributed by atoms with Gasteiger partial charge in [-0.1, -0.05) is 6.08 Å². The van der Waals surface area contributed by atoms with Crippen molar-refractivity contribution in [2.45, 2.75) is 11.8 Å². The van der Waals surface area contributed by atoms with E-state index < -0.39 is 10.0 Å². The molecular weight excluding hydrogens is 326 g/mol. The minimum Gasteiger partial charge on any atom is -0.497 e. The van der Waals surface area contributed by atoms with Crippen LogP contribution in [0.1, 0.15) is 6.92 Å². The van der Waals surface area contributed by atoms with Crippen molar-refractivity contribution < 1.29 is 17.9 Å². The molecule has 5 nitrogen and oxygen atoms in total. The molecule has 0 bridgehead atoms. The molecule has 0 spiro atoms. The first kappa shape index (κ1) is 17.9. The molecule has 0 aromatic heterocycles. The summed E-state index contributed by atoms with van der Waals surface area (Å²) in [6.07, 6.45) is 1.55. The molecule has 0 N–H and O–H groups in total. The molecule has 0 aliphatic heterocycles. The van der Waals surface area contributed by atoms with Crippen LogP contribution in [-0.2, 0) is 10.0 Å². The summed E-state index contributed by atoms with van der Waals surface area (Å²) in [6, 6.07) is 13.2. The first-order valence-electron chi connectivity index (χ1n) is 7.53. The molecule has 0 saturated carbocycles. The molecule has 24 heavy (non-hydrogen) atoms. The Morgan fingerprint density at radius 2 is 1.62 bits per heavy atom. The van der Waals surface area contributed by atoms with Gasteiger partial charge in [0.15, 0.2) is 0 Å². The summed E-state index contributed by atoms with van der Waals surface area (Å²) >= 11 is 0. The monoisotopic (exact) mass is 347 g/mol. The van der Waals surface area contributed by atoms with E-state index in [1.165, 1.54) is 4.31 Å². The molecule has 2 rings (SSSR count). The molecule has 0 unspecified atom stereocenters. The van der Waals surface area contributed by atoms with Crippen LogP contribution in [0.25, 0.3) is 0 Å². The van der Waals surface area contributed by atoms with Gasteiger partial charge in [0.25, 0.3) is 10.0 Å². The summed E-state index contributed by atoms with van der Waals surface area (Å²) in [5.41, 5.74) is 0.546. The predicted molar refractivity (Wildman–Crippen MR) is 95.3 cm³/mol. The molecule has 0 amide bonds. The van der Waals surface area contributed by atoms with Crippen molar-refractivity contribution in [3.05, 3.63) is 61.2 Å². The van der Waals surface area contributed by atoms with Gasteiger partial charge in [0.1, 0.15) is 11.5 Å². The van der Waals surface area contributed by atoms with Gasteiger partial charge in [0.05, 0.1) is 30.8 Å². The Hall–Kier alpha value is -2.47. The summed E-state index contributed by atoms with van der Waals surface area (Å²) < 4.78 is 37.7. The van der Waals surface area contributed by atoms with Gasteiger partial charge in [0.2, 0.25) is 0 Å². The Morgan fingerprint density at radius 1 is 1.04 bits per heavy atom. The fourth-order valence-corrected chi connectivity index (χ4v) is 3.65. The van der Waals surface area contributed by atoms with E-state index >= 15 is 0 Å². The number of benzene rings is 2. The minimum absolute atomic E-state index is 0.169. The number of hydrogen-bond donors (Lipinski definition) is 0. The second-order valence-electron chi connectivity index (χ2n) is 4.93. The van der Waals surface area contributed by atoms with E-state index in [9.17, 15) is 8.42 Å². The smallest absolute Gasteiger partial charge is 0.264 e. The van der Waals surface area contributed by atoms with E-state index in [1.54, 1.807) is 61.7 Å². The van der Waals surface area contributed by atoms with Crippen molar-refractivity contribution in [2.24, 2.45) is 0 Å². The standard InChI is InChI=1S/C18H21NO4S/c1-4-14-19(15-6-8-16(22-3)9-7-15)24(20,21)18-12-10-17(11-13-18)23-5-2/h4,6-13H,1,5,14H2,2-3H3. The predicted octanol–water partition coefficient (Wildman–Crippen LogP) is 3.48. The quantitative estimate of drug-likeness (QED) is 0.686. The summed E-state index contributed by atoms with van der Waals surface area (Å²) in [7, 11) is -2.14. The molecule has 0 heterocycles. The van der Waals surface area contributed by atoms with E-state index in [1.807, 2.05) is 6.92 Å². The van der Waals surface area contributed by atoms with Crippen LogP contribution >= 0.6 is 0 Å². The van der Waals surface area contributed by atoms with Crippen LogP contribution in [0.3, 0.4) is 0 Å². The maximum Gasteiger partial charge on any atom is 0.264 e. The number of sulfonamides is 1. The molecule has 0 aliphatic carbocycles. The van der Waals surface area contributed by atoms with Crippen molar-refractivity contribution in [1.82, 2.24) is 0 Å². The van der Waals surface area contributed by atoms with Crippen LogP contribution in [0.4, 0.5) is 5.69 Å². The maximum absolute atomic E-state index is 13.0. The SMILES string of the molecule is C=CCN(c1ccc(OC)cc1)S(=O)(=O)c1ccc(OCC)cc1. The molecule has 128 valence electrons. The van der Waals surface area contributed by atoms with Gasteiger partial charge in [-0.25, -0.2) is 8.42 Å². The topological polar surface area (TPSA) is 55.8 Å². The van der Waals surface area contributed by atoms with Gasteiger partial charge in [-0.05, 0) is 55.5 Å².